The number of nitrogens with one attached hydrogen (secondary N) is 3. The summed E-state index contributed by atoms with van der Waals surface area (Å²) < 4.78 is 52.1. The lowest BCUT2D eigenvalue weighted by atomic mass is 10.0. The van der Waals surface area contributed by atoms with E-state index in [1.165, 1.54) is 24.3 Å². The van der Waals surface area contributed by atoms with Gasteiger partial charge in [0, 0.05) is 35.1 Å². The standard InChI is InChI=1S/C41H48FN5O9S/c1-40(2,3)55-38(51)47(39(52)56-41(4,5)6)36-30-16-12-28(21-31(30)32(42)23-44-36)46-35(37(49)50)25-10-8-9-24(19-25)11-18-34(48)45-27-13-17-33(26(20-27)22-43-7)57(53,54)29-14-15-29/h8-10,12-13,16-17,19-21,23,29,35,43,46H,11,14-15,18,22H2,1-7H3,(H,45,48)(H,49,50). The van der Waals surface area contributed by atoms with Crippen LogP contribution in [0.15, 0.2) is 71.8 Å². The van der Waals surface area contributed by atoms with E-state index < -0.39 is 51.1 Å². The van der Waals surface area contributed by atoms with Gasteiger partial charge >= 0.3 is 18.2 Å². The Bertz CT molecular complexity index is 2270. The summed E-state index contributed by atoms with van der Waals surface area (Å²) in [7, 11) is -1.72. The van der Waals surface area contributed by atoms with Gasteiger partial charge in [-0.25, -0.2) is 32.2 Å². The molecular weight excluding hydrogens is 758 g/mol. The normalized spacial score (nSPS) is 13.8. The van der Waals surface area contributed by atoms with E-state index in [-0.39, 0.29) is 51.2 Å². The molecule has 1 atom stereocenters. The highest BCUT2D eigenvalue weighted by atomic mass is 32.2. The van der Waals surface area contributed by atoms with E-state index in [1.807, 2.05) is 0 Å². The number of aryl methyl sites for hydroxylation is 1. The van der Waals surface area contributed by atoms with Crippen LogP contribution in [0, 0.1) is 5.82 Å². The third kappa shape index (κ3) is 10.8. The number of anilines is 3. The van der Waals surface area contributed by atoms with Crippen LogP contribution in [0.4, 0.5) is 31.2 Å². The number of carboxylic acids is 1. The number of sulfone groups is 1. The van der Waals surface area contributed by atoms with Gasteiger partial charge in [-0.1, -0.05) is 24.3 Å². The number of carboxylic acid groups (broad SMARTS) is 1. The maximum atomic E-state index is 15.3. The number of amides is 3. The first-order chi connectivity index (χ1) is 26.7. The summed E-state index contributed by atoms with van der Waals surface area (Å²) in [5.41, 5.74) is 0.298. The highest BCUT2D eigenvalue weighted by molar-refractivity contribution is 7.92. The van der Waals surface area contributed by atoms with Crippen LogP contribution >= 0.6 is 0 Å². The molecule has 16 heteroatoms. The molecule has 57 heavy (non-hydrogen) atoms. The van der Waals surface area contributed by atoms with Gasteiger partial charge in [0.1, 0.15) is 17.0 Å². The van der Waals surface area contributed by atoms with Crippen LogP contribution in [0.25, 0.3) is 10.8 Å². The molecule has 4 aromatic rings. The molecule has 3 aromatic carbocycles. The Morgan fingerprint density at radius 1 is 0.912 bits per heavy atom. The molecule has 1 aliphatic rings. The number of nitrogens with zero attached hydrogens (tertiary/aromatic N) is 2. The summed E-state index contributed by atoms with van der Waals surface area (Å²) in [5.74, 6) is -2.59. The first-order valence-electron chi connectivity index (χ1n) is 18.4. The van der Waals surface area contributed by atoms with E-state index >= 15 is 4.39 Å². The van der Waals surface area contributed by atoms with E-state index in [2.05, 4.69) is 20.9 Å². The summed E-state index contributed by atoms with van der Waals surface area (Å²) >= 11 is 0. The maximum absolute atomic E-state index is 15.3. The second kappa shape index (κ2) is 16.9. The topological polar surface area (TPSA) is 193 Å². The Balaban J connectivity index is 1.33. The first-order valence-corrected chi connectivity index (χ1v) is 20.0. The van der Waals surface area contributed by atoms with Crippen LogP contribution in [-0.4, -0.2) is 66.1 Å². The lowest BCUT2D eigenvalue weighted by Crippen LogP contribution is -2.44. The molecule has 304 valence electrons. The van der Waals surface area contributed by atoms with Crippen LogP contribution < -0.4 is 20.9 Å². The van der Waals surface area contributed by atoms with Gasteiger partial charge in [0.15, 0.2) is 21.7 Å². The zero-order valence-electron chi connectivity index (χ0n) is 32.9. The van der Waals surface area contributed by atoms with Crippen molar-refractivity contribution in [2.45, 2.75) is 101 Å². The number of pyridine rings is 1. The van der Waals surface area contributed by atoms with Crippen molar-refractivity contribution in [3.8, 4) is 0 Å². The van der Waals surface area contributed by atoms with Crippen LogP contribution in [-0.2, 0) is 41.9 Å². The van der Waals surface area contributed by atoms with Crippen molar-refractivity contribution in [2.75, 3.05) is 22.6 Å². The summed E-state index contributed by atoms with van der Waals surface area (Å²) in [4.78, 5) is 57.1. The van der Waals surface area contributed by atoms with Crippen LogP contribution in [0.3, 0.4) is 0 Å². The largest absolute Gasteiger partial charge is 0.479 e. The van der Waals surface area contributed by atoms with E-state index in [0.717, 1.165) is 6.20 Å². The summed E-state index contributed by atoms with van der Waals surface area (Å²) in [6.07, 6.45) is 0.279. The first kappa shape index (κ1) is 42.5. The lowest BCUT2D eigenvalue weighted by molar-refractivity contribution is -0.138. The molecule has 0 aliphatic heterocycles. The number of carbonyl (C=O) groups is 4. The van der Waals surface area contributed by atoms with Crippen molar-refractivity contribution in [3.05, 3.63) is 89.4 Å². The van der Waals surface area contributed by atoms with Gasteiger partial charge in [-0.2, -0.15) is 4.90 Å². The zero-order chi connectivity index (χ0) is 41.9. The van der Waals surface area contributed by atoms with Gasteiger partial charge in [-0.3, -0.25) is 4.79 Å². The number of hydrogen-bond donors (Lipinski definition) is 4. The monoisotopic (exact) mass is 805 g/mol. The van der Waals surface area contributed by atoms with Gasteiger partial charge in [-0.05, 0) is 121 Å². The molecule has 1 heterocycles. The number of aliphatic carboxylic acids is 1. The smallest absolute Gasteiger partial charge is 0.425 e. The fourth-order valence-corrected chi connectivity index (χ4v) is 7.88. The molecule has 0 saturated heterocycles. The van der Waals surface area contributed by atoms with Crippen molar-refractivity contribution in [1.82, 2.24) is 10.3 Å². The summed E-state index contributed by atoms with van der Waals surface area (Å²) in [6, 6.07) is 14.4. The number of benzene rings is 3. The van der Waals surface area contributed by atoms with E-state index in [1.54, 1.807) is 85.0 Å². The number of hydrogen-bond acceptors (Lipinski definition) is 11. The van der Waals surface area contributed by atoms with Crippen LogP contribution in [0.2, 0.25) is 0 Å². The number of ether oxygens (including phenoxy) is 2. The fourth-order valence-electron chi connectivity index (χ4n) is 6.01. The predicted octanol–water partition coefficient (Wildman–Crippen LogP) is 7.52. The second-order valence-electron chi connectivity index (χ2n) is 15.8. The summed E-state index contributed by atoms with van der Waals surface area (Å²) in [5, 5.41) is 18.6. The molecule has 0 spiro atoms. The van der Waals surface area contributed by atoms with E-state index in [0.29, 0.717) is 46.7 Å². The molecule has 1 aliphatic carbocycles. The number of carbonyl (C=O) groups excluding carboxylic acids is 3. The molecule has 1 fully saturated rings. The van der Waals surface area contributed by atoms with Crippen molar-refractivity contribution in [2.24, 2.45) is 0 Å². The third-order valence-corrected chi connectivity index (χ3v) is 11.0. The second-order valence-corrected chi connectivity index (χ2v) is 18.0. The maximum Gasteiger partial charge on any atom is 0.425 e. The molecule has 3 amide bonds. The molecule has 14 nitrogen and oxygen atoms in total. The van der Waals surface area contributed by atoms with Crippen molar-refractivity contribution < 1.29 is 46.6 Å². The molecule has 0 radical (unpaired) electrons. The van der Waals surface area contributed by atoms with E-state index in [9.17, 15) is 32.7 Å². The average Bonchev–Trinajstić information content (AvgIpc) is 3.97. The molecule has 0 bridgehead atoms. The van der Waals surface area contributed by atoms with Gasteiger partial charge < -0.3 is 30.5 Å². The van der Waals surface area contributed by atoms with Gasteiger partial charge in [-0.15, -0.1) is 0 Å². The quantitative estimate of drug-likeness (QED) is 0.104. The molecule has 1 unspecified atom stereocenters. The predicted molar refractivity (Wildman–Crippen MR) is 213 cm³/mol. The number of fused-ring (bicyclic) bond motifs is 1. The Kier molecular flexibility index (Phi) is 12.6. The van der Waals surface area contributed by atoms with Crippen molar-refractivity contribution >= 4 is 61.9 Å². The molecule has 1 saturated carbocycles. The third-order valence-electron chi connectivity index (χ3n) is 8.65. The van der Waals surface area contributed by atoms with Crippen molar-refractivity contribution in [1.29, 1.82) is 0 Å². The number of halogens is 1. The average molecular weight is 806 g/mol. The Labute approximate surface area is 331 Å². The van der Waals surface area contributed by atoms with Gasteiger partial charge in [0.2, 0.25) is 5.91 Å². The number of rotatable bonds is 13. The lowest BCUT2D eigenvalue weighted by Gasteiger charge is -2.28. The molecule has 5 rings (SSSR count). The number of imide groups is 1. The summed E-state index contributed by atoms with van der Waals surface area (Å²) in [6.45, 7) is 10.0. The van der Waals surface area contributed by atoms with Crippen LogP contribution in [0.5, 0.6) is 0 Å². The molecule has 1 aromatic heterocycles. The molecule has 4 N–H and O–H groups in total. The van der Waals surface area contributed by atoms with Gasteiger partial charge in [0.05, 0.1) is 16.3 Å². The minimum atomic E-state index is -3.43. The fraction of sp³-hybridized carbons (Fsp3) is 0.390. The Morgan fingerprint density at radius 3 is 2.16 bits per heavy atom. The highest BCUT2D eigenvalue weighted by Gasteiger charge is 2.38. The van der Waals surface area contributed by atoms with Crippen molar-refractivity contribution in [3.63, 3.8) is 0 Å². The van der Waals surface area contributed by atoms with Gasteiger partial charge in [0.25, 0.3) is 0 Å². The zero-order valence-corrected chi connectivity index (χ0v) is 33.8. The number of aromatic nitrogens is 1. The highest BCUT2D eigenvalue weighted by Crippen LogP contribution is 2.36. The van der Waals surface area contributed by atoms with Crippen LogP contribution in [0.1, 0.15) is 83.5 Å². The minimum Gasteiger partial charge on any atom is -0.479 e. The molecular formula is C41H48FN5O9S. The SMILES string of the molecule is CNCc1cc(NC(=O)CCc2cccc(C(Nc3ccc4c(N(C(=O)OC(C)(C)C)C(=O)OC(C)(C)C)ncc(F)c4c3)C(=O)O)c2)ccc1S(=O)(=O)C1CC1. The van der Waals surface area contributed by atoms with E-state index in [4.69, 9.17) is 9.47 Å². The Hall–Kier alpha value is -5.61. The Morgan fingerprint density at radius 2 is 1.56 bits per heavy atom. The minimum absolute atomic E-state index is 0.0573.